The van der Waals surface area contributed by atoms with Gasteiger partial charge in [-0.1, -0.05) is 12.5 Å². The summed E-state index contributed by atoms with van der Waals surface area (Å²) in [6, 6.07) is 0.413. The monoisotopic (exact) mass is 249 g/mol. The van der Waals surface area contributed by atoms with Crippen LogP contribution in [0.4, 0.5) is 0 Å². The molecule has 2 rings (SSSR count). The molecule has 0 bridgehead atoms. The first kappa shape index (κ1) is 13.3. The SMILES string of the molecule is C=CCC[C@H](O)CN1CCCC[C@@H]1c1cn[nH]c1. The first-order chi connectivity index (χ1) is 8.81. The van der Waals surface area contributed by atoms with E-state index in [4.69, 9.17) is 0 Å². The second-order valence-electron chi connectivity index (χ2n) is 5.06. The van der Waals surface area contributed by atoms with E-state index in [-0.39, 0.29) is 6.10 Å². The summed E-state index contributed by atoms with van der Waals surface area (Å²) in [6.45, 7) is 5.52. The van der Waals surface area contributed by atoms with Crippen molar-refractivity contribution in [1.82, 2.24) is 15.1 Å². The van der Waals surface area contributed by atoms with Gasteiger partial charge in [0, 0.05) is 24.3 Å². The number of nitrogens with one attached hydrogen (secondary N) is 1. The summed E-state index contributed by atoms with van der Waals surface area (Å²) >= 11 is 0. The van der Waals surface area contributed by atoms with Crippen LogP contribution in [-0.4, -0.2) is 39.4 Å². The van der Waals surface area contributed by atoms with Crippen LogP contribution in [0.3, 0.4) is 0 Å². The molecule has 0 aliphatic carbocycles. The molecule has 0 amide bonds. The summed E-state index contributed by atoms with van der Waals surface area (Å²) in [5.41, 5.74) is 1.24. The van der Waals surface area contributed by atoms with Crippen LogP contribution < -0.4 is 0 Å². The lowest BCUT2D eigenvalue weighted by Gasteiger charge is -2.36. The largest absolute Gasteiger partial charge is 0.392 e. The molecule has 0 radical (unpaired) electrons. The highest BCUT2D eigenvalue weighted by atomic mass is 16.3. The topological polar surface area (TPSA) is 52.1 Å². The molecular formula is C14H23N3O. The maximum atomic E-state index is 10.0. The average molecular weight is 249 g/mol. The van der Waals surface area contributed by atoms with Crippen molar-refractivity contribution in [2.45, 2.75) is 44.2 Å². The average Bonchev–Trinajstić information content (AvgIpc) is 2.91. The lowest BCUT2D eigenvalue weighted by atomic mass is 9.97. The summed E-state index contributed by atoms with van der Waals surface area (Å²) < 4.78 is 0. The van der Waals surface area contributed by atoms with Crippen molar-refractivity contribution < 1.29 is 5.11 Å². The smallest absolute Gasteiger partial charge is 0.0670 e. The number of aromatic amines is 1. The number of aliphatic hydroxyl groups is 1. The molecule has 1 aromatic heterocycles. The third kappa shape index (κ3) is 3.43. The summed E-state index contributed by atoms with van der Waals surface area (Å²) in [5, 5.41) is 17.0. The normalized spacial score (nSPS) is 22.8. The van der Waals surface area contributed by atoms with E-state index in [1.807, 2.05) is 18.5 Å². The number of likely N-dealkylation sites (tertiary alicyclic amines) is 1. The number of rotatable bonds is 6. The Morgan fingerprint density at radius 2 is 2.50 bits per heavy atom. The fourth-order valence-corrected chi connectivity index (χ4v) is 2.70. The Kier molecular flexibility index (Phi) is 4.96. The van der Waals surface area contributed by atoms with Gasteiger partial charge in [0.05, 0.1) is 12.3 Å². The summed E-state index contributed by atoms with van der Waals surface area (Å²) in [4.78, 5) is 2.39. The van der Waals surface area contributed by atoms with E-state index in [0.29, 0.717) is 6.04 Å². The van der Waals surface area contributed by atoms with Crippen LogP contribution in [0, 0.1) is 0 Å². The van der Waals surface area contributed by atoms with Crippen molar-refractivity contribution in [3.8, 4) is 0 Å². The number of nitrogens with zero attached hydrogens (tertiary/aromatic N) is 2. The molecule has 1 saturated heterocycles. The van der Waals surface area contributed by atoms with Crippen LogP contribution in [-0.2, 0) is 0 Å². The Morgan fingerprint density at radius 3 is 3.22 bits per heavy atom. The zero-order valence-electron chi connectivity index (χ0n) is 10.9. The minimum atomic E-state index is -0.254. The van der Waals surface area contributed by atoms with Gasteiger partial charge in [0.2, 0.25) is 0 Å². The summed E-state index contributed by atoms with van der Waals surface area (Å²) in [5.74, 6) is 0. The van der Waals surface area contributed by atoms with Gasteiger partial charge in [0.25, 0.3) is 0 Å². The van der Waals surface area contributed by atoms with Gasteiger partial charge in [-0.3, -0.25) is 10.00 Å². The zero-order chi connectivity index (χ0) is 12.8. The zero-order valence-corrected chi connectivity index (χ0v) is 10.9. The Hall–Kier alpha value is -1.13. The van der Waals surface area contributed by atoms with E-state index in [9.17, 15) is 5.11 Å². The molecule has 1 aliphatic rings. The van der Waals surface area contributed by atoms with Gasteiger partial charge in [-0.2, -0.15) is 5.10 Å². The molecule has 1 fully saturated rings. The molecule has 18 heavy (non-hydrogen) atoms. The maximum Gasteiger partial charge on any atom is 0.0670 e. The van der Waals surface area contributed by atoms with E-state index >= 15 is 0 Å². The lowest BCUT2D eigenvalue weighted by Crippen LogP contribution is -2.38. The minimum Gasteiger partial charge on any atom is -0.392 e. The molecule has 4 nitrogen and oxygen atoms in total. The van der Waals surface area contributed by atoms with Gasteiger partial charge in [-0.15, -0.1) is 6.58 Å². The van der Waals surface area contributed by atoms with Crippen LogP contribution in [0.2, 0.25) is 0 Å². The number of aliphatic hydroxyl groups excluding tert-OH is 1. The van der Waals surface area contributed by atoms with Crippen LogP contribution in [0.1, 0.15) is 43.7 Å². The first-order valence-corrected chi connectivity index (χ1v) is 6.83. The molecule has 1 aromatic rings. The molecule has 100 valence electrons. The van der Waals surface area contributed by atoms with E-state index in [0.717, 1.165) is 32.4 Å². The fraction of sp³-hybridized carbons (Fsp3) is 0.643. The molecule has 0 spiro atoms. The number of piperidine rings is 1. The quantitative estimate of drug-likeness (QED) is 0.760. The second-order valence-corrected chi connectivity index (χ2v) is 5.06. The van der Waals surface area contributed by atoms with Crippen LogP contribution in [0.15, 0.2) is 25.0 Å². The number of aromatic nitrogens is 2. The summed E-state index contributed by atoms with van der Waals surface area (Å²) in [7, 11) is 0. The van der Waals surface area contributed by atoms with Crippen molar-refractivity contribution >= 4 is 0 Å². The maximum absolute atomic E-state index is 10.0. The third-order valence-electron chi connectivity index (χ3n) is 3.67. The summed E-state index contributed by atoms with van der Waals surface area (Å²) in [6.07, 6.45) is 10.8. The number of allylic oxidation sites excluding steroid dienone is 1. The molecule has 2 N–H and O–H groups in total. The Bertz CT molecular complexity index is 350. The van der Waals surface area contributed by atoms with Crippen molar-refractivity contribution in [3.63, 3.8) is 0 Å². The highest BCUT2D eigenvalue weighted by Gasteiger charge is 2.25. The molecule has 0 unspecified atom stereocenters. The number of β-amino-alcohol motifs (C(OH)–C–C–N with tert-alkyl or cyclic N) is 1. The van der Waals surface area contributed by atoms with Crippen molar-refractivity contribution in [2.75, 3.05) is 13.1 Å². The van der Waals surface area contributed by atoms with Gasteiger partial charge in [-0.25, -0.2) is 0 Å². The number of H-pyrrole nitrogens is 1. The van der Waals surface area contributed by atoms with E-state index in [1.54, 1.807) is 0 Å². The van der Waals surface area contributed by atoms with E-state index < -0.39 is 0 Å². The molecule has 4 heteroatoms. The molecule has 0 aromatic carbocycles. The van der Waals surface area contributed by atoms with Crippen LogP contribution in [0.5, 0.6) is 0 Å². The van der Waals surface area contributed by atoms with Gasteiger partial charge < -0.3 is 5.11 Å². The Balaban J connectivity index is 1.93. The highest BCUT2D eigenvalue weighted by Crippen LogP contribution is 2.30. The molecule has 1 aliphatic heterocycles. The lowest BCUT2D eigenvalue weighted by molar-refractivity contribution is 0.0631. The van der Waals surface area contributed by atoms with E-state index in [1.165, 1.54) is 18.4 Å². The molecule has 2 heterocycles. The fourth-order valence-electron chi connectivity index (χ4n) is 2.70. The highest BCUT2D eigenvalue weighted by molar-refractivity contribution is 5.10. The van der Waals surface area contributed by atoms with Gasteiger partial charge in [-0.05, 0) is 32.2 Å². The molecular weight excluding hydrogens is 226 g/mol. The second kappa shape index (κ2) is 6.71. The number of hydrogen-bond donors (Lipinski definition) is 2. The van der Waals surface area contributed by atoms with Gasteiger partial charge in [0.1, 0.15) is 0 Å². The van der Waals surface area contributed by atoms with Gasteiger partial charge >= 0.3 is 0 Å². The van der Waals surface area contributed by atoms with Gasteiger partial charge in [0.15, 0.2) is 0 Å². The van der Waals surface area contributed by atoms with E-state index in [2.05, 4.69) is 21.7 Å². The first-order valence-electron chi connectivity index (χ1n) is 6.83. The number of hydrogen-bond acceptors (Lipinski definition) is 3. The third-order valence-corrected chi connectivity index (χ3v) is 3.67. The van der Waals surface area contributed by atoms with Crippen molar-refractivity contribution in [1.29, 1.82) is 0 Å². The van der Waals surface area contributed by atoms with Crippen LogP contribution in [0.25, 0.3) is 0 Å². The predicted octanol–water partition coefficient (Wildman–Crippen LogP) is 2.26. The Labute approximate surface area is 109 Å². The minimum absolute atomic E-state index is 0.254. The predicted molar refractivity (Wildman–Crippen MR) is 72.2 cm³/mol. The molecule has 2 atom stereocenters. The van der Waals surface area contributed by atoms with Crippen LogP contribution >= 0.6 is 0 Å². The standard InChI is InChI=1S/C14H23N3O/c1-2-3-6-13(18)11-17-8-5-4-7-14(17)12-9-15-16-10-12/h2,9-10,13-14,18H,1,3-8,11H2,(H,15,16)/t13-,14+/m0/s1. The van der Waals surface area contributed by atoms with Crippen molar-refractivity contribution in [2.24, 2.45) is 0 Å². The Morgan fingerprint density at radius 1 is 1.61 bits per heavy atom. The molecule has 0 saturated carbocycles. The van der Waals surface area contributed by atoms with Crippen molar-refractivity contribution in [3.05, 3.63) is 30.6 Å².